The maximum absolute atomic E-state index is 12.2. The van der Waals surface area contributed by atoms with E-state index in [9.17, 15) is 4.79 Å². The molecule has 1 amide bonds. The summed E-state index contributed by atoms with van der Waals surface area (Å²) in [5.41, 5.74) is 0.787. The largest absolute Gasteiger partial charge is 0.516 e. The van der Waals surface area contributed by atoms with E-state index >= 15 is 0 Å². The molecule has 136 valence electrons. The second kappa shape index (κ2) is 5.67. The van der Waals surface area contributed by atoms with Gasteiger partial charge in [-0.05, 0) is 48.5 Å². The van der Waals surface area contributed by atoms with Crippen molar-refractivity contribution < 1.29 is 18.8 Å². The molecule has 3 heterocycles. The lowest BCUT2D eigenvalue weighted by Crippen LogP contribution is -2.41. The van der Waals surface area contributed by atoms with Gasteiger partial charge < -0.3 is 14.0 Å². The van der Waals surface area contributed by atoms with Gasteiger partial charge in [0, 0.05) is 6.20 Å². The van der Waals surface area contributed by atoms with Crippen LogP contribution in [0.5, 0.6) is 0 Å². The number of carbonyl (C=O) groups is 1. The summed E-state index contributed by atoms with van der Waals surface area (Å²) in [7, 11) is -0.557. The average molecular weight is 347 g/mol. The second-order valence-electron chi connectivity index (χ2n) is 8.61. The Hall–Kier alpha value is -1.67. The van der Waals surface area contributed by atoms with Gasteiger partial charge in [-0.25, -0.2) is 4.79 Å². The average Bonchev–Trinajstić information content (AvgIpc) is 2.95. The minimum Gasteiger partial charge on any atom is -0.444 e. The molecule has 0 N–H and O–H groups in total. The van der Waals surface area contributed by atoms with Crippen molar-refractivity contribution in [1.82, 2.24) is 14.9 Å². The molecular weight excluding hydrogens is 321 g/mol. The Morgan fingerprint density at radius 1 is 1.16 bits per heavy atom. The Balaban J connectivity index is 1.74. The molecule has 1 fully saturated rings. The number of amides is 1. The monoisotopic (exact) mass is 347 g/mol. The first-order valence-corrected chi connectivity index (χ1v) is 8.56. The molecule has 7 nitrogen and oxygen atoms in total. The fraction of sp³-hybridized carbons (Fsp3) is 0.706. The Morgan fingerprint density at radius 3 is 2.28 bits per heavy atom. The number of fused-ring (bicyclic) bond motifs is 1. The number of hydrogen-bond donors (Lipinski definition) is 0. The van der Waals surface area contributed by atoms with Crippen molar-refractivity contribution in [2.24, 2.45) is 0 Å². The molecule has 25 heavy (non-hydrogen) atoms. The van der Waals surface area contributed by atoms with Gasteiger partial charge in [-0.15, -0.1) is 0 Å². The molecule has 1 saturated heterocycles. The standard InChI is InChI=1S/C17H26BN3O4/c1-15(2,3)23-14(22)21-9-11-12(10-21)20-13(8-19-11)18-24-16(4,5)17(6,7)25-18/h8H,9-10H2,1-7H3. The molecular formula is C17H26BN3O4. The van der Waals surface area contributed by atoms with E-state index in [-0.39, 0.29) is 6.09 Å². The van der Waals surface area contributed by atoms with E-state index in [1.165, 1.54) is 0 Å². The smallest absolute Gasteiger partial charge is 0.444 e. The molecule has 8 heteroatoms. The normalized spacial score (nSPS) is 21.4. The van der Waals surface area contributed by atoms with Crippen molar-refractivity contribution >= 4 is 18.8 Å². The Labute approximate surface area is 149 Å². The number of aromatic nitrogens is 2. The molecule has 2 aliphatic heterocycles. The molecule has 0 spiro atoms. The third-order valence-electron chi connectivity index (χ3n) is 4.78. The first kappa shape index (κ1) is 18.1. The van der Waals surface area contributed by atoms with Crippen LogP contribution in [0.2, 0.25) is 0 Å². The predicted molar refractivity (Wildman–Crippen MR) is 93.2 cm³/mol. The van der Waals surface area contributed by atoms with Gasteiger partial charge in [-0.3, -0.25) is 14.9 Å². The Kier molecular flexibility index (Phi) is 4.11. The predicted octanol–water partition coefficient (Wildman–Crippen LogP) is 2.03. The van der Waals surface area contributed by atoms with E-state index < -0.39 is 23.9 Å². The highest BCUT2D eigenvalue weighted by molar-refractivity contribution is 6.61. The lowest BCUT2D eigenvalue weighted by Gasteiger charge is -2.32. The van der Waals surface area contributed by atoms with Crippen LogP contribution in [0.15, 0.2) is 6.20 Å². The molecule has 0 saturated carbocycles. The highest BCUT2D eigenvalue weighted by atomic mass is 16.7. The quantitative estimate of drug-likeness (QED) is 0.724. The zero-order valence-corrected chi connectivity index (χ0v) is 16.0. The van der Waals surface area contributed by atoms with E-state index in [1.807, 2.05) is 48.5 Å². The molecule has 0 atom stereocenters. The summed E-state index contributed by atoms with van der Waals surface area (Å²) >= 11 is 0. The summed E-state index contributed by atoms with van der Waals surface area (Å²) in [5, 5.41) is 0. The molecule has 0 aromatic carbocycles. The summed E-state index contributed by atoms with van der Waals surface area (Å²) in [6.07, 6.45) is 1.31. The van der Waals surface area contributed by atoms with Gasteiger partial charge in [0.2, 0.25) is 0 Å². The van der Waals surface area contributed by atoms with Crippen LogP contribution in [0.4, 0.5) is 4.79 Å². The van der Waals surface area contributed by atoms with Gasteiger partial charge in [0.1, 0.15) is 5.60 Å². The van der Waals surface area contributed by atoms with Crippen LogP contribution in [0.1, 0.15) is 59.9 Å². The zero-order valence-electron chi connectivity index (χ0n) is 16.0. The third kappa shape index (κ3) is 3.50. The third-order valence-corrected chi connectivity index (χ3v) is 4.78. The van der Waals surface area contributed by atoms with E-state index in [0.717, 1.165) is 11.4 Å². The molecule has 1 aromatic heterocycles. The summed E-state index contributed by atoms with van der Waals surface area (Å²) in [5.74, 6) is 0. The molecule has 0 unspecified atom stereocenters. The van der Waals surface area contributed by atoms with Gasteiger partial charge in [-0.2, -0.15) is 0 Å². The van der Waals surface area contributed by atoms with Crippen molar-refractivity contribution in [3.8, 4) is 0 Å². The highest BCUT2D eigenvalue weighted by Crippen LogP contribution is 2.36. The van der Waals surface area contributed by atoms with Crippen LogP contribution in [-0.4, -0.2) is 44.9 Å². The van der Waals surface area contributed by atoms with Crippen molar-refractivity contribution in [3.63, 3.8) is 0 Å². The minimum absolute atomic E-state index is 0.357. The number of rotatable bonds is 1. The fourth-order valence-electron chi connectivity index (χ4n) is 2.68. The summed E-state index contributed by atoms with van der Waals surface area (Å²) in [4.78, 5) is 22.9. The van der Waals surface area contributed by atoms with Crippen molar-refractivity contribution in [2.45, 2.75) is 78.4 Å². The molecule has 1 aromatic rings. The lowest BCUT2D eigenvalue weighted by molar-refractivity contribution is 0.00578. The van der Waals surface area contributed by atoms with Gasteiger partial charge >= 0.3 is 13.2 Å². The van der Waals surface area contributed by atoms with Crippen molar-refractivity contribution in [2.75, 3.05) is 0 Å². The van der Waals surface area contributed by atoms with E-state index in [1.54, 1.807) is 11.1 Å². The van der Waals surface area contributed by atoms with Crippen molar-refractivity contribution in [1.29, 1.82) is 0 Å². The maximum atomic E-state index is 12.2. The van der Waals surface area contributed by atoms with E-state index in [0.29, 0.717) is 18.7 Å². The maximum Gasteiger partial charge on any atom is 0.516 e. The lowest BCUT2D eigenvalue weighted by atomic mass is 9.85. The summed E-state index contributed by atoms with van der Waals surface area (Å²) in [6.45, 7) is 14.3. The Morgan fingerprint density at radius 2 is 1.72 bits per heavy atom. The fourth-order valence-corrected chi connectivity index (χ4v) is 2.68. The summed E-state index contributed by atoms with van der Waals surface area (Å²) in [6, 6.07) is 0. The highest BCUT2D eigenvalue weighted by Gasteiger charge is 2.52. The topological polar surface area (TPSA) is 73.8 Å². The van der Waals surface area contributed by atoms with Gasteiger partial charge in [0.05, 0.1) is 41.3 Å². The molecule has 0 bridgehead atoms. The van der Waals surface area contributed by atoms with Crippen LogP contribution in [0.25, 0.3) is 0 Å². The number of ether oxygens (including phenoxy) is 1. The van der Waals surface area contributed by atoms with Gasteiger partial charge in [-0.1, -0.05) is 0 Å². The number of carbonyl (C=O) groups excluding carboxylic acids is 1. The van der Waals surface area contributed by atoms with Crippen LogP contribution >= 0.6 is 0 Å². The molecule has 0 aliphatic carbocycles. The van der Waals surface area contributed by atoms with Crippen LogP contribution in [0.3, 0.4) is 0 Å². The minimum atomic E-state index is -0.557. The summed E-state index contributed by atoms with van der Waals surface area (Å²) < 4.78 is 17.5. The first-order chi connectivity index (χ1) is 11.4. The van der Waals surface area contributed by atoms with Gasteiger partial charge in [0.15, 0.2) is 0 Å². The van der Waals surface area contributed by atoms with E-state index in [4.69, 9.17) is 14.0 Å². The number of hydrogen-bond acceptors (Lipinski definition) is 6. The number of nitrogens with zero attached hydrogens (tertiary/aromatic N) is 3. The van der Waals surface area contributed by atoms with Crippen LogP contribution < -0.4 is 5.59 Å². The second-order valence-corrected chi connectivity index (χ2v) is 8.61. The van der Waals surface area contributed by atoms with Crippen LogP contribution in [-0.2, 0) is 27.1 Å². The first-order valence-electron chi connectivity index (χ1n) is 8.56. The van der Waals surface area contributed by atoms with Gasteiger partial charge in [0.25, 0.3) is 0 Å². The SMILES string of the molecule is CC(C)(C)OC(=O)N1Cc2ncc(B3OC(C)(C)C(C)(C)O3)nc2C1. The zero-order chi connectivity index (χ0) is 18.6. The molecule has 3 rings (SSSR count). The van der Waals surface area contributed by atoms with Crippen LogP contribution in [0, 0.1) is 0 Å². The Bertz CT molecular complexity index is 684. The molecule has 0 radical (unpaired) electrons. The van der Waals surface area contributed by atoms with E-state index in [2.05, 4.69) is 9.97 Å². The molecule has 2 aliphatic rings. The van der Waals surface area contributed by atoms with Crippen molar-refractivity contribution in [3.05, 3.63) is 17.6 Å².